The second kappa shape index (κ2) is 3.00. The van der Waals surface area contributed by atoms with Crippen molar-refractivity contribution in [1.29, 1.82) is 0 Å². The fraction of sp³-hybridized carbons (Fsp3) is 1.00. The molecule has 12 heavy (non-hydrogen) atoms. The van der Waals surface area contributed by atoms with E-state index < -0.39 is 0 Å². The molecular weight excluding hydrogens is 152 g/mol. The molecule has 2 heteroatoms. The van der Waals surface area contributed by atoms with Crippen LogP contribution in [0.5, 0.6) is 0 Å². The second-order valence-electron chi connectivity index (χ2n) is 4.96. The lowest BCUT2D eigenvalue weighted by atomic mass is 9.65. The van der Waals surface area contributed by atoms with Crippen LogP contribution in [0.3, 0.4) is 0 Å². The summed E-state index contributed by atoms with van der Waals surface area (Å²) in [5.41, 5.74) is -0.0436. The molecule has 0 aromatic carbocycles. The van der Waals surface area contributed by atoms with Crippen LogP contribution in [0, 0.1) is 17.3 Å². The number of aliphatic hydroxyl groups excluding tert-OH is 2. The summed E-state index contributed by atoms with van der Waals surface area (Å²) in [7, 11) is 0. The summed E-state index contributed by atoms with van der Waals surface area (Å²) in [5.74, 6) is 0.308. The molecule has 0 aromatic rings. The molecule has 1 rings (SSSR count). The van der Waals surface area contributed by atoms with Gasteiger partial charge in [0.05, 0.1) is 12.2 Å². The fourth-order valence-corrected chi connectivity index (χ4v) is 2.49. The Morgan fingerprint density at radius 1 is 1.17 bits per heavy atom. The van der Waals surface area contributed by atoms with Crippen LogP contribution in [0.25, 0.3) is 0 Å². The van der Waals surface area contributed by atoms with E-state index in [2.05, 4.69) is 20.8 Å². The van der Waals surface area contributed by atoms with E-state index in [0.717, 1.165) is 6.42 Å². The van der Waals surface area contributed by atoms with Crippen molar-refractivity contribution < 1.29 is 10.2 Å². The number of hydrogen-bond acceptors (Lipinski definition) is 2. The van der Waals surface area contributed by atoms with E-state index >= 15 is 0 Å². The van der Waals surface area contributed by atoms with Gasteiger partial charge in [-0.2, -0.15) is 0 Å². The molecule has 72 valence electrons. The molecule has 1 aliphatic carbocycles. The molecule has 0 aromatic heterocycles. The van der Waals surface area contributed by atoms with Crippen LogP contribution in [0.4, 0.5) is 0 Å². The van der Waals surface area contributed by atoms with Crippen molar-refractivity contribution in [3.8, 4) is 0 Å². The summed E-state index contributed by atoms with van der Waals surface area (Å²) in [4.78, 5) is 0. The Morgan fingerprint density at radius 2 is 1.67 bits per heavy atom. The molecule has 1 saturated carbocycles. The topological polar surface area (TPSA) is 40.5 Å². The molecule has 0 heterocycles. The van der Waals surface area contributed by atoms with Crippen molar-refractivity contribution in [3.63, 3.8) is 0 Å². The second-order valence-corrected chi connectivity index (χ2v) is 4.96. The number of rotatable bonds is 0. The van der Waals surface area contributed by atoms with Gasteiger partial charge in [-0.3, -0.25) is 0 Å². The molecule has 0 bridgehead atoms. The van der Waals surface area contributed by atoms with E-state index in [4.69, 9.17) is 0 Å². The van der Waals surface area contributed by atoms with Crippen molar-refractivity contribution in [2.45, 2.75) is 46.3 Å². The summed E-state index contributed by atoms with van der Waals surface area (Å²) in [6.07, 6.45) is 0.191. The minimum absolute atomic E-state index is 0.00347. The number of hydrogen-bond donors (Lipinski definition) is 2. The van der Waals surface area contributed by atoms with E-state index in [1.165, 1.54) is 0 Å². The Hall–Kier alpha value is -0.0800. The van der Waals surface area contributed by atoms with Gasteiger partial charge in [-0.1, -0.05) is 27.7 Å². The van der Waals surface area contributed by atoms with Gasteiger partial charge in [0.15, 0.2) is 0 Å². The van der Waals surface area contributed by atoms with Crippen molar-refractivity contribution in [3.05, 3.63) is 0 Å². The summed E-state index contributed by atoms with van der Waals surface area (Å²) >= 11 is 0. The Bertz CT molecular complexity index is 165. The van der Waals surface area contributed by atoms with Crippen molar-refractivity contribution in [1.82, 2.24) is 0 Å². The fourth-order valence-electron chi connectivity index (χ4n) is 2.49. The van der Waals surface area contributed by atoms with Crippen molar-refractivity contribution >= 4 is 0 Å². The Balaban J connectivity index is 2.78. The predicted molar refractivity (Wildman–Crippen MR) is 48.7 cm³/mol. The smallest absolute Gasteiger partial charge is 0.0641 e. The monoisotopic (exact) mass is 172 g/mol. The third-order valence-corrected chi connectivity index (χ3v) is 3.27. The Morgan fingerprint density at radius 3 is 2.17 bits per heavy atom. The molecular formula is C10H20O2. The van der Waals surface area contributed by atoms with E-state index in [9.17, 15) is 10.2 Å². The van der Waals surface area contributed by atoms with Gasteiger partial charge in [0.2, 0.25) is 0 Å². The molecule has 1 aliphatic rings. The van der Waals surface area contributed by atoms with Crippen LogP contribution in [0.2, 0.25) is 0 Å². The summed E-state index contributed by atoms with van der Waals surface area (Å²) in [6.45, 7) is 8.11. The molecule has 0 saturated heterocycles. The van der Waals surface area contributed by atoms with Crippen molar-refractivity contribution in [2.75, 3.05) is 0 Å². The lowest BCUT2D eigenvalue weighted by Crippen LogP contribution is -2.49. The zero-order valence-corrected chi connectivity index (χ0v) is 8.41. The standard InChI is InChI=1S/C10H20O2/c1-6-5-10(3,4)9(12)7(2)8(6)11/h6-9,11-12H,5H2,1-4H3. The molecule has 4 unspecified atom stereocenters. The maximum absolute atomic E-state index is 9.83. The largest absolute Gasteiger partial charge is 0.392 e. The van der Waals surface area contributed by atoms with Gasteiger partial charge in [0, 0.05) is 5.92 Å². The highest BCUT2D eigenvalue weighted by Gasteiger charge is 2.43. The highest BCUT2D eigenvalue weighted by molar-refractivity contribution is 4.93. The minimum atomic E-state index is -0.372. The van der Waals surface area contributed by atoms with E-state index in [-0.39, 0.29) is 23.5 Å². The molecule has 2 N–H and O–H groups in total. The van der Waals surface area contributed by atoms with Crippen LogP contribution < -0.4 is 0 Å². The molecule has 0 amide bonds. The molecule has 0 spiro atoms. The lowest BCUT2D eigenvalue weighted by Gasteiger charge is -2.45. The molecule has 0 aliphatic heterocycles. The van der Waals surface area contributed by atoms with Gasteiger partial charge in [-0.05, 0) is 17.8 Å². The average Bonchev–Trinajstić information content (AvgIpc) is 1.97. The van der Waals surface area contributed by atoms with E-state index in [1.807, 2.05) is 6.92 Å². The number of aliphatic hydroxyl groups is 2. The van der Waals surface area contributed by atoms with Gasteiger partial charge in [-0.25, -0.2) is 0 Å². The highest BCUT2D eigenvalue weighted by atomic mass is 16.3. The van der Waals surface area contributed by atoms with Crippen LogP contribution in [0.1, 0.15) is 34.1 Å². The first-order valence-electron chi connectivity index (χ1n) is 4.72. The SMILES string of the molecule is CC1CC(C)(C)C(O)C(C)C1O. The molecule has 4 atom stereocenters. The average molecular weight is 172 g/mol. The van der Waals surface area contributed by atoms with E-state index in [1.54, 1.807) is 0 Å². The normalized spacial score (nSPS) is 47.5. The van der Waals surface area contributed by atoms with E-state index in [0.29, 0.717) is 5.92 Å². The summed E-state index contributed by atoms with van der Waals surface area (Å²) in [5, 5.41) is 19.5. The van der Waals surface area contributed by atoms with Gasteiger partial charge in [0.1, 0.15) is 0 Å². The van der Waals surface area contributed by atoms with Gasteiger partial charge in [0.25, 0.3) is 0 Å². The van der Waals surface area contributed by atoms with Crippen LogP contribution >= 0.6 is 0 Å². The van der Waals surface area contributed by atoms with Crippen LogP contribution in [0.15, 0.2) is 0 Å². The van der Waals surface area contributed by atoms with Gasteiger partial charge >= 0.3 is 0 Å². The third-order valence-electron chi connectivity index (χ3n) is 3.27. The highest BCUT2D eigenvalue weighted by Crippen LogP contribution is 2.41. The predicted octanol–water partition coefficient (Wildman–Crippen LogP) is 1.41. The maximum atomic E-state index is 9.83. The lowest BCUT2D eigenvalue weighted by molar-refractivity contribution is -0.110. The summed E-state index contributed by atoms with van der Waals surface area (Å²) in [6, 6.07) is 0. The minimum Gasteiger partial charge on any atom is -0.392 e. The van der Waals surface area contributed by atoms with Crippen molar-refractivity contribution in [2.24, 2.45) is 17.3 Å². The Labute approximate surface area is 74.6 Å². The zero-order chi connectivity index (χ0) is 9.52. The van der Waals surface area contributed by atoms with Gasteiger partial charge < -0.3 is 10.2 Å². The van der Waals surface area contributed by atoms with Crippen LogP contribution in [-0.2, 0) is 0 Å². The molecule has 0 radical (unpaired) electrons. The quantitative estimate of drug-likeness (QED) is 0.580. The Kier molecular flexibility index (Phi) is 2.50. The molecule has 2 nitrogen and oxygen atoms in total. The van der Waals surface area contributed by atoms with Crippen LogP contribution in [-0.4, -0.2) is 22.4 Å². The third kappa shape index (κ3) is 1.50. The first-order valence-corrected chi connectivity index (χ1v) is 4.72. The zero-order valence-electron chi connectivity index (χ0n) is 8.41. The maximum Gasteiger partial charge on any atom is 0.0641 e. The van der Waals surface area contributed by atoms with Gasteiger partial charge in [-0.15, -0.1) is 0 Å². The first kappa shape index (κ1) is 10.0. The summed E-state index contributed by atoms with van der Waals surface area (Å²) < 4.78 is 0. The molecule has 1 fully saturated rings. The first-order chi connectivity index (χ1) is 5.36.